The van der Waals surface area contributed by atoms with Crippen molar-refractivity contribution in [1.82, 2.24) is 9.55 Å². The fourth-order valence-electron chi connectivity index (χ4n) is 3.74. The van der Waals surface area contributed by atoms with E-state index in [2.05, 4.69) is 4.98 Å². The monoisotopic (exact) mass is 430 g/mol. The van der Waals surface area contributed by atoms with Gasteiger partial charge in [-0.25, -0.2) is 4.79 Å². The summed E-state index contributed by atoms with van der Waals surface area (Å²) in [6.45, 7) is 5.90. The largest absolute Gasteiger partial charge is 0.506 e. The summed E-state index contributed by atoms with van der Waals surface area (Å²) in [5.41, 5.74) is -1.21. The maximum absolute atomic E-state index is 13.2. The molecule has 0 radical (unpaired) electrons. The highest BCUT2D eigenvalue weighted by molar-refractivity contribution is 7.56. The Hall–Kier alpha value is -1.87. The van der Waals surface area contributed by atoms with Gasteiger partial charge in [-0.3, -0.25) is 18.9 Å². The summed E-state index contributed by atoms with van der Waals surface area (Å²) in [4.78, 5) is 25.6. The molecule has 2 unspecified atom stereocenters. The second kappa shape index (κ2) is 8.10. The molecule has 0 spiro atoms. The molecule has 0 aromatic carbocycles. The second-order valence-corrected chi connectivity index (χ2v) is 9.82. The van der Waals surface area contributed by atoms with E-state index in [1.165, 1.54) is 19.4 Å². The van der Waals surface area contributed by atoms with Crippen LogP contribution < -0.4 is 11.2 Å². The first-order valence-electron chi connectivity index (χ1n) is 9.52. The lowest BCUT2D eigenvalue weighted by Crippen LogP contribution is -2.36. The number of H-pyrrole nitrogens is 1. The lowest BCUT2D eigenvalue weighted by atomic mass is 10.2. The first-order valence-corrected chi connectivity index (χ1v) is 11.1. The normalized spacial score (nSPS) is 29.2. The van der Waals surface area contributed by atoms with Crippen molar-refractivity contribution in [2.75, 3.05) is 20.3 Å². The minimum absolute atomic E-state index is 0.0906. The van der Waals surface area contributed by atoms with E-state index in [-0.39, 0.29) is 30.6 Å². The molecule has 2 heterocycles. The summed E-state index contributed by atoms with van der Waals surface area (Å²) in [5, 5.41) is 9.92. The smallest absolute Gasteiger partial charge is 0.336 e. The highest BCUT2D eigenvalue weighted by Gasteiger charge is 2.64. The standard InChI is InChI=1S/C18H27N2O8P/c1-5-26-29(24,27-6-2)18(3)10-11(18)9-12-14(22)15(25-4)16(28-12)20-8-7-13(21)19-17(20)23/h7-8,11,15-16,22H,5-6,9-10H2,1-4H3,(H,19,21,23)/t11-,15?,16+,18?/m0/s1. The molecule has 1 aliphatic carbocycles. The van der Waals surface area contributed by atoms with Crippen molar-refractivity contribution in [2.24, 2.45) is 5.92 Å². The maximum Gasteiger partial charge on any atom is 0.336 e. The average Bonchev–Trinajstić information content (AvgIpc) is 3.22. The zero-order valence-corrected chi connectivity index (χ0v) is 17.8. The van der Waals surface area contributed by atoms with Crippen LogP contribution in [0.1, 0.15) is 39.8 Å². The van der Waals surface area contributed by atoms with E-state index in [9.17, 15) is 19.3 Å². The van der Waals surface area contributed by atoms with Crippen LogP contribution in [0.15, 0.2) is 33.4 Å². The molecule has 0 bridgehead atoms. The van der Waals surface area contributed by atoms with Crippen LogP contribution in [0.2, 0.25) is 0 Å². The van der Waals surface area contributed by atoms with Crippen molar-refractivity contribution in [3.8, 4) is 0 Å². The van der Waals surface area contributed by atoms with E-state index in [0.717, 1.165) is 4.57 Å². The predicted molar refractivity (Wildman–Crippen MR) is 104 cm³/mol. The van der Waals surface area contributed by atoms with Gasteiger partial charge in [0.2, 0.25) is 6.23 Å². The van der Waals surface area contributed by atoms with Gasteiger partial charge >= 0.3 is 13.3 Å². The number of rotatable bonds is 9. The van der Waals surface area contributed by atoms with Gasteiger partial charge in [0, 0.05) is 25.8 Å². The van der Waals surface area contributed by atoms with Gasteiger partial charge in [-0.1, -0.05) is 0 Å². The fourth-order valence-corrected chi connectivity index (χ4v) is 6.06. The number of nitrogens with zero attached hydrogens (tertiary/aromatic N) is 1. The van der Waals surface area contributed by atoms with Crippen LogP contribution >= 0.6 is 7.60 Å². The molecule has 1 saturated carbocycles. The van der Waals surface area contributed by atoms with E-state index in [1.54, 1.807) is 13.8 Å². The van der Waals surface area contributed by atoms with E-state index in [0.29, 0.717) is 12.8 Å². The topological polar surface area (TPSA) is 129 Å². The Kier molecular flexibility index (Phi) is 6.10. The summed E-state index contributed by atoms with van der Waals surface area (Å²) in [6, 6.07) is 1.19. The summed E-state index contributed by atoms with van der Waals surface area (Å²) in [7, 11) is -1.93. The quantitative estimate of drug-likeness (QED) is 0.571. The third-order valence-electron chi connectivity index (χ3n) is 5.49. The van der Waals surface area contributed by atoms with Gasteiger partial charge in [0.1, 0.15) is 5.76 Å². The van der Waals surface area contributed by atoms with Crippen molar-refractivity contribution >= 4 is 7.60 Å². The number of aliphatic hydroxyl groups excluding tert-OH is 1. The van der Waals surface area contributed by atoms with E-state index in [4.69, 9.17) is 18.5 Å². The first kappa shape index (κ1) is 21.8. The van der Waals surface area contributed by atoms with Crippen molar-refractivity contribution < 1.29 is 28.2 Å². The van der Waals surface area contributed by atoms with Crippen LogP contribution in [0.5, 0.6) is 0 Å². The molecule has 3 rings (SSSR count). The summed E-state index contributed by atoms with van der Waals surface area (Å²) >= 11 is 0. The van der Waals surface area contributed by atoms with Gasteiger partial charge in [-0.2, -0.15) is 0 Å². The first-order chi connectivity index (χ1) is 13.7. The Labute approximate surface area is 168 Å². The van der Waals surface area contributed by atoms with Gasteiger partial charge in [0.25, 0.3) is 5.56 Å². The SMILES string of the molecule is CCOP(=O)(OCC)C1(C)C[C@@H]1CC1=C(O)C(OC)[C@H](n2ccc(=O)[nH]c2=O)O1. The molecule has 10 nitrogen and oxygen atoms in total. The van der Waals surface area contributed by atoms with Crippen molar-refractivity contribution in [3.63, 3.8) is 0 Å². The highest BCUT2D eigenvalue weighted by Crippen LogP contribution is 2.75. The molecule has 0 amide bonds. The number of nitrogens with one attached hydrogen (secondary N) is 1. The van der Waals surface area contributed by atoms with Gasteiger partial charge in [0.15, 0.2) is 11.9 Å². The minimum Gasteiger partial charge on any atom is -0.506 e. The lowest BCUT2D eigenvalue weighted by Gasteiger charge is -2.24. The number of aromatic amines is 1. The zero-order chi connectivity index (χ0) is 21.4. The molecule has 4 atom stereocenters. The van der Waals surface area contributed by atoms with Crippen LogP contribution in [-0.4, -0.2) is 46.2 Å². The van der Waals surface area contributed by atoms with Gasteiger partial charge < -0.3 is 23.6 Å². The van der Waals surface area contributed by atoms with Gasteiger partial charge in [-0.15, -0.1) is 0 Å². The third-order valence-corrected chi connectivity index (χ3v) is 8.49. The van der Waals surface area contributed by atoms with Crippen LogP contribution in [-0.2, 0) is 23.1 Å². The summed E-state index contributed by atoms with van der Waals surface area (Å²) in [5.74, 6) is 0.0351. The number of aliphatic hydroxyl groups is 1. The third kappa shape index (κ3) is 3.82. The highest BCUT2D eigenvalue weighted by atomic mass is 31.2. The molecular weight excluding hydrogens is 403 g/mol. The molecule has 1 aromatic heterocycles. The van der Waals surface area contributed by atoms with Crippen LogP contribution in [0.25, 0.3) is 0 Å². The average molecular weight is 430 g/mol. The lowest BCUT2D eigenvalue weighted by molar-refractivity contribution is -0.0350. The van der Waals surface area contributed by atoms with Crippen molar-refractivity contribution in [2.45, 2.75) is 51.1 Å². The second-order valence-electron chi connectivity index (χ2n) is 7.29. The maximum atomic E-state index is 13.2. The Morgan fingerprint density at radius 3 is 2.55 bits per heavy atom. The molecule has 2 aliphatic rings. The molecule has 2 N–H and O–H groups in total. The number of ether oxygens (including phenoxy) is 2. The Morgan fingerprint density at radius 2 is 2.00 bits per heavy atom. The number of methoxy groups -OCH3 is 1. The number of hydrogen-bond donors (Lipinski definition) is 2. The summed E-state index contributed by atoms with van der Waals surface area (Å²) in [6.07, 6.45) is 0.291. The summed E-state index contributed by atoms with van der Waals surface area (Å²) < 4.78 is 36.5. The minimum atomic E-state index is -3.32. The number of aromatic nitrogens is 2. The Bertz CT molecular complexity index is 944. The van der Waals surface area contributed by atoms with Crippen LogP contribution in [0.4, 0.5) is 0 Å². The Morgan fingerprint density at radius 1 is 1.34 bits per heavy atom. The van der Waals surface area contributed by atoms with Crippen molar-refractivity contribution in [3.05, 3.63) is 44.6 Å². The molecule has 1 aromatic rings. The van der Waals surface area contributed by atoms with Gasteiger partial charge in [0.05, 0.1) is 18.4 Å². The molecule has 0 saturated heterocycles. The number of allylic oxidation sites excluding steroid dienone is 1. The van der Waals surface area contributed by atoms with E-state index in [1.807, 2.05) is 6.92 Å². The molecule has 29 heavy (non-hydrogen) atoms. The predicted octanol–water partition coefficient (Wildman–Crippen LogP) is 2.28. The molecular formula is C18H27N2O8P. The van der Waals surface area contributed by atoms with Crippen LogP contribution in [0.3, 0.4) is 0 Å². The van der Waals surface area contributed by atoms with Gasteiger partial charge in [-0.05, 0) is 33.1 Å². The molecule has 1 aliphatic heterocycles. The Balaban J connectivity index is 1.80. The number of hydrogen-bond acceptors (Lipinski definition) is 8. The van der Waals surface area contributed by atoms with E-state index < -0.39 is 36.3 Å². The fraction of sp³-hybridized carbons (Fsp3) is 0.667. The molecule has 11 heteroatoms. The van der Waals surface area contributed by atoms with Crippen molar-refractivity contribution in [1.29, 1.82) is 0 Å². The zero-order valence-electron chi connectivity index (χ0n) is 16.9. The molecule has 162 valence electrons. The molecule has 1 fully saturated rings. The van der Waals surface area contributed by atoms with E-state index >= 15 is 0 Å². The van der Waals surface area contributed by atoms with Crippen LogP contribution in [0, 0.1) is 5.92 Å².